The van der Waals surface area contributed by atoms with Crippen LogP contribution in [-0.4, -0.2) is 71.9 Å². The minimum Gasteiger partial charge on any atom is -0.463 e. The topological polar surface area (TPSA) is 93.2 Å². The zero-order chi connectivity index (χ0) is 21.1. The molecule has 1 rings (SSSR count). The summed E-state index contributed by atoms with van der Waals surface area (Å²) in [5, 5.41) is 0. The predicted molar refractivity (Wildman–Crippen MR) is 103 cm³/mol. The first kappa shape index (κ1) is 23.4. The normalized spacial score (nSPS) is 19.9. The van der Waals surface area contributed by atoms with E-state index in [1.54, 1.807) is 9.80 Å². The summed E-state index contributed by atoms with van der Waals surface area (Å²) in [6, 6.07) is -0.464. The van der Waals surface area contributed by atoms with Gasteiger partial charge in [-0.25, -0.2) is 9.59 Å². The summed E-state index contributed by atoms with van der Waals surface area (Å²) in [6.45, 7) is 8.70. The van der Waals surface area contributed by atoms with Crippen molar-refractivity contribution in [1.82, 2.24) is 9.80 Å². The van der Waals surface area contributed by atoms with Crippen LogP contribution in [0.1, 0.15) is 40.5 Å². The van der Waals surface area contributed by atoms with Crippen molar-refractivity contribution in [2.24, 2.45) is 0 Å². The quantitative estimate of drug-likeness (QED) is 0.457. The minimum absolute atomic E-state index is 0.232. The highest BCUT2D eigenvalue weighted by atomic mass is 16.5. The maximum atomic E-state index is 12.4. The van der Waals surface area contributed by atoms with Crippen molar-refractivity contribution in [2.75, 3.05) is 26.3 Å². The van der Waals surface area contributed by atoms with Gasteiger partial charge in [-0.05, 0) is 26.7 Å². The van der Waals surface area contributed by atoms with Crippen molar-refractivity contribution in [2.45, 2.75) is 52.6 Å². The molecule has 0 aromatic heterocycles. The summed E-state index contributed by atoms with van der Waals surface area (Å²) in [7, 11) is 0. The smallest absolute Gasteiger partial charge is 0.330 e. The van der Waals surface area contributed by atoms with Gasteiger partial charge in [-0.1, -0.05) is 13.8 Å². The Morgan fingerprint density at radius 2 is 1.11 bits per heavy atom. The van der Waals surface area contributed by atoms with Gasteiger partial charge in [-0.2, -0.15) is 0 Å². The van der Waals surface area contributed by atoms with E-state index in [-0.39, 0.29) is 23.9 Å². The number of nitrogens with zero attached hydrogens (tertiary/aromatic N) is 2. The van der Waals surface area contributed by atoms with Crippen LogP contribution in [-0.2, 0) is 28.7 Å². The second kappa shape index (κ2) is 11.9. The molecule has 1 heterocycles. The molecule has 0 aromatic rings. The summed E-state index contributed by atoms with van der Waals surface area (Å²) in [5.41, 5.74) is 0. The van der Waals surface area contributed by atoms with Gasteiger partial charge in [0.1, 0.15) is 0 Å². The molecule has 0 unspecified atom stereocenters. The van der Waals surface area contributed by atoms with Crippen molar-refractivity contribution in [3.63, 3.8) is 0 Å². The average Bonchev–Trinajstić information content (AvgIpc) is 2.68. The van der Waals surface area contributed by atoms with E-state index in [0.717, 1.165) is 12.2 Å². The van der Waals surface area contributed by atoms with Crippen LogP contribution in [0, 0.1) is 0 Å². The maximum absolute atomic E-state index is 12.4. The second-order valence-electron chi connectivity index (χ2n) is 6.68. The molecule has 2 atom stereocenters. The molecule has 8 nitrogen and oxygen atoms in total. The fourth-order valence-corrected chi connectivity index (χ4v) is 2.71. The number of hydrogen-bond acceptors (Lipinski definition) is 6. The fourth-order valence-electron chi connectivity index (χ4n) is 2.71. The van der Waals surface area contributed by atoms with Crippen molar-refractivity contribution >= 4 is 23.8 Å². The Balaban J connectivity index is 2.63. The molecule has 28 heavy (non-hydrogen) atoms. The zero-order valence-electron chi connectivity index (χ0n) is 17.1. The van der Waals surface area contributed by atoms with E-state index in [0.29, 0.717) is 39.1 Å². The van der Waals surface area contributed by atoms with Crippen LogP contribution in [0.15, 0.2) is 24.3 Å². The summed E-state index contributed by atoms with van der Waals surface area (Å²) < 4.78 is 9.80. The lowest BCUT2D eigenvalue weighted by atomic mass is 10.1. The molecule has 0 radical (unpaired) electrons. The molecule has 0 aliphatic carbocycles. The molecular formula is C20H30N2O6. The molecule has 1 aliphatic rings. The first-order chi connectivity index (χ1) is 13.3. The van der Waals surface area contributed by atoms with Crippen molar-refractivity contribution in [1.29, 1.82) is 0 Å². The number of piperazine rings is 1. The van der Waals surface area contributed by atoms with Crippen LogP contribution >= 0.6 is 0 Å². The third-order valence-corrected chi connectivity index (χ3v) is 4.17. The van der Waals surface area contributed by atoms with Crippen LogP contribution in [0.3, 0.4) is 0 Å². The largest absolute Gasteiger partial charge is 0.463 e. The number of hydrogen-bond donors (Lipinski definition) is 0. The maximum Gasteiger partial charge on any atom is 0.330 e. The SMILES string of the molecule is CCCOC(=O)/C=C\C(=O)N1C[C@H](C)N(C(=O)/C=C\C(=O)OCCC)C[C@@H]1C. The van der Waals surface area contributed by atoms with Gasteiger partial charge in [0.05, 0.1) is 13.2 Å². The van der Waals surface area contributed by atoms with Gasteiger partial charge in [-0.3, -0.25) is 9.59 Å². The number of ether oxygens (including phenoxy) is 2. The monoisotopic (exact) mass is 394 g/mol. The Morgan fingerprint density at radius 3 is 1.43 bits per heavy atom. The second-order valence-corrected chi connectivity index (χ2v) is 6.68. The first-order valence-electron chi connectivity index (χ1n) is 9.60. The number of esters is 2. The fraction of sp³-hybridized carbons (Fsp3) is 0.600. The predicted octanol–water partition coefficient (Wildman–Crippen LogP) is 1.45. The van der Waals surface area contributed by atoms with E-state index in [1.807, 2.05) is 27.7 Å². The summed E-state index contributed by atoms with van der Waals surface area (Å²) in [6.07, 6.45) is 6.06. The van der Waals surface area contributed by atoms with Crippen LogP contribution in [0.25, 0.3) is 0 Å². The molecule has 0 N–H and O–H groups in total. The number of carbonyl (C=O) groups is 4. The Bertz CT molecular complexity index is 574. The van der Waals surface area contributed by atoms with Crippen molar-refractivity contribution < 1.29 is 28.7 Å². The Labute approximate surface area is 166 Å². The van der Waals surface area contributed by atoms with Crippen LogP contribution in [0.2, 0.25) is 0 Å². The van der Waals surface area contributed by atoms with Crippen LogP contribution < -0.4 is 0 Å². The number of carbonyl (C=O) groups excluding carboxylic acids is 4. The van der Waals surface area contributed by atoms with E-state index in [9.17, 15) is 19.2 Å². The molecule has 0 aromatic carbocycles. The Kier molecular flexibility index (Phi) is 9.98. The van der Waals surface area contributed by atoms with E-state index in [1.165, 1.54) is 12.2 Å². The molecule has 1 saturated heterocycles. The van der Waals surface area contributed by atoms with E-state index >= 15 is 0 Å². The third kappa shape index (κ3) is 7.54. The molecular weight excluding hydrogens is 364 g/mol. The molecule has 0 bridgehead atoms. The van der Waals surface area contributed by atoms with Gasteiger partial charge in [0.2, 0.25) is 11.8 Å². The van der Waals surface area contributed by atoms with Gasteiger partial charge in [-0.15, -0.1) is 0 Å². The highest BCUT2D eigenvalue weighted by Gasteiger charge is 2.33. The van der Waals surface area contributed by atoms with Gasteiger partial charge in [0, 0.05) is 49.5 Å². The molecule has 0 saturated carbocycles. The van der Waals surface area contributed by atoms with Gasteiger partial charge >= 0.3 is 11.9 Å². The standard InChI is InChI=1S/C20H30N2O6/c1-5-11-27-19(25)9-7-17(23)21-13-16(4)22(14-15(21)3)18(24)8-10-20(26)28-12-6-2/h7-10,15-16H,5-6,11-14H2,1-4H3/b9-7-,10-8-/t15-,16-/m0/s1. The van der Waals surface area contributed by atoms with Crippen molar-refractivity contribution in [3.05, 3.63) is 24.3 Å². The highest BCUT2D eigenvalue weighted by Crippen LogP contribution is 2.16. The lowest BCUT2D eigenvalue weighted by Crippen LogP contribution is -2.59. The molecule has 0 spiro atoms. The highest BCUT2D eigenvalue weighted by molar-refractivity contribution is 5.96. The molecule has 8 heteroatoms. The Morgan fingerprint density at radius 1 is 0.750 bits per heavy atom. The zero-order valence-corrected chi connectivity index (χ0v) is 17.1. The Hall–Kier alpha value is -2.64. The van der Waals surface area contributed by atoms with Crippen LogP contribution in [0.4, 0.5) is 0 Å². The van der Waals surface area contributed by atoms with E-state index < -0.39 is 11.9 Å². The molecule has 1 aliphatic heterocycles. The molecule has 156 valence electrons. The van der Waals surface area contributed by atoms with E-state index in [4.69, 9.17) is 9.47 Å². The van der Waals surface area contributed by atoms with Gasteiger partial charge in [0.25, 0.3) is 0 Å². The minimum atomic E-state index is -0.551. The lowest BCUT2D eigenvalue weighted by molar-refractivity contribution is -0.141. The summed E-state index contributed by atoms with van der Waals surface area (Å²) >= 11 is 0. The van der Waals surface area contributed by atoms with E-state index in [2.05, 4.69) is 0 Å². The lowest BCUT2D eigenvalue weighted by Gasteiger charge is -2.43. The average molecular weight is 394 g/mol. The molecule has 1 fully saturated rings. The first-order valence-corrected chi connectivity index (χ1v) is 9.60. The summed E-state index contributed by atoms with van der Waals surface area (Å²) in [5.74, 6) is -1.72. The summed E-state index contributed by atoms with van der Waals surface area (Å²) in [4.78, 5) is 51.0. The van der Waals surface area contributed by atoms with Gasteiger partial charge < -0.3 is 19.3 Å². The third-order valence-electron chi connectivity index (χ3n) is 4.17. The van der Waals surface area contributed by atoms with Gasteiger partial charge in [0.15, 0.2) is 0 Å². The number of rotatable bonds is 8. The van der Waals surface area contributed by atoms with Crippen molar-refractivity contribution in [3.8, 4) is 0 Å². The van der Waals surface area contributed by atoms with Crippen LogP contribution in [0.5, 0.6) is 0 Å². The number of amides is 2. The molecule has 2 amide bonds.